The van der Waals surface area contributed by atoms with Crippen molar-refractivity contribution in [2.45, 2.75) is 0 Å². The second-order valence-electron chi connectivity index (χ2n) is 0. The second-order valence-corrected chi connectivity index (χ2v) is 0. The van der Waals surface area contributed by atoms with E-state index in [1.54, 1.807) is 0 Å². The van der Waals surface area contributed by atoms with Gasteiger partial charge in [-0.3, -0.25) is 0 Å². The molecule has 0 aromatic carbocycles. The summed E-state index contributed by atoms with van der Waals surface area (Å²) in [7, 11) is 0. The molecule has 0 unspecified atom stereocenters. The fourth-order valence-electron chi connectivity index (χ4n) is 0. The maximum absolute atomic E-state index is 3.00. The standard InChI is InChI=1S/2C2H4.2Ce/c2*1-2;;/h2*1-2H2;;/q;;+3;+4. The van der Waals surface area contributed by atoms with Gasteiger partial charge in [0.15, 0.2) is 0 Å². The van der Waals surface area contributed by atoms with Crippen molar-refractivity contribution in [2.24, 2.45) is 0 Å². The van der Waals surface area contributed by atoms with E-state index in [1.165, 1.54) is 0 Å². The molecule has 0 fully saturated rings. The topological polar surface area (TPSA) is 0 Å². The van der Waals surface area contributed by atoms with E-state index in [9.17, 15) is 0 Å². The minimum absolute atomic E-state index is 0. The SMILES string of the molecule is C=C.C=C.[Ce+3].[Ce+4]. The van der Waals surface area contributed by atoms with Crippen LogP contribution < -0.4 is 0 Å². The Kier molecular flexibility index (Phi) is 226. The van der Waals surface area contributed by atoms with E-state index in [0.29, 0.717) is 0 Å². The van der Waals surface area contributed by atoms with Gasteiger partial charge in [0.05, 0.1) is 0 Å². The van der Waals surface area contributed by atoms with Crippen molar-refractivity contribution in [1.29, 1.82) is 0 Å². The summed E-state index contributed by atoms with van der Waals surface area (Å²) in [5.41, 5.74) is 0. The average Bonchev–Trinajstić information content (AvgIpc) is 1.50. The molecule has 0 amide bonds. The Bertz CT molecular complexity index is 7.51. The van der Waals surface area contributed by atoms with Crippen LogP contribution in [0.4, 0.5) is 0 Å². The van der Waals surface area contributed by atoms with Crippen molar-refractivity contribution < 1.29 is 83.5 Å². The Labute approximate surface area is 107 Å². The van der Waals surface area contributed by atoms with Crippen LogP contribution in [-0.4, -0.2) is 0 Å². The molecule has 0 aliphatic heterocycles. The second kappa shape index (κ2) is 56.3. The minimum atomic E-state index is 0. The fourth-order valence-corrected chi connectivity index (χ4v) is 0. The zero-order valence-corrected chi connectivity index (χ0v) is 10.1. The van der Waals surface area contributed by atoms with Gasteiger partial charge in [0, 0.05) is 0 Å². The van der Waals surface area contributed by atoms with Gasteiger partial charge in [0.2, 0.25) is 0 Å². The number of rotatable bonds is 0. The summed E-state index contributed by atoms with van der Waals surface area (Å²) in [4.78, 5) is 0. The molecule has 0 spiro atoms. The first-order valence-corrected chi connectivity index (χ1v) is 1.000. The first kappa shape index (κ1) is 24.0. The van der Waals surface area contributed by atoms with E-state index < -0.39 is 0 Å². The van der Waals surface area contributed by atoms with Crippen LogP contribution >= 0.6 is 0 Å². The van der Waals surface area contributed by atoms with Gasteiger partial charge in [-0.1, -0.05) is 0 Å². The summed E-state index contributed by atoms with van der Waals surface area (Å²) in [6.07, 6.45) is 0. The van der Waals surface area contributed by atoms with Gasteiger partial charge in [-0.15, -0.1) is 26.3 Å². The van der Waals surface area contributed by atoms with Crippen molar-refractivity contribution in [2.75, 3.05) is 0 Å². The van der Waals surface area contributed by atoms with Crippen LogP contribution in [0.2, 0.25) is 0 Å². The summed E-state index contributed by atoms with van der Waals surface area (Å²) in [5.74, 6) is 0. The third-order valence-corrected chi connectivity index (χ3v) is 0. The summed E-state index contributed by atoms with van der Waals surface area (Å²) in [6.45, 7) is 12.0. The van der Waals surface area contributed by atoms with Crippen LogP contribution in [0.3, 0.4) is 0 Å². The predicted molar refractivity (Wildman–Crippen MR) is 22.5 cm³/mol. The van der Waals surface area contributed by atoms with Gasteiger partial charge in [0.1, 0.15) is 0 Å². The molecule has 0 rings (SSSR count). The summed E-state index contributed by atoms with van der Waals surface area (Å²) in [5, 5.41) is 0. The molecule has 0 saturated carbocycles. The monoisotopic (exact) mass is 336 g/mol. The Morgan fingerprint density at radius 3 is 0.667 bits per heavy atom. The number of hydrogen-bond acceptors (Lipinski definition) is 0. The molecular formula is C4H8Ce2+7. The Morgan fingerprint density at radius 1 is 0.667 bits per heavy atom. The Balaban J connectivity index is -0.00000000500. The van der Waals surface area contributed by atoms with Gasteiger partial charge in [-0.05, 0) is 0 Å². The molecular weight excluding hydrogens is 328 g/mol. The first-order chi connectivity index (χ1) is 2.00. The summed E-state index contributed by atoms with van der Waals surface area (Å²) in [6, 6.07) is 0. The third kappa shape index (κ3) is 34.2. The molecule has 1 radical (unpaired) electrons. The third-order valence-electron chi connectivity index (χ3n) is 0. The van der Waals surface area contributed by atoms with E-state index in [4.69, 9.17) is 0 Å². The van der Waals surface area contributed by atoms with Gasteiger partial charge in [-0.2, -0.15) is 0 Å². The van der Waals surface area contributed by atoms with E-state index >= 15 is 0 Å². The molecule has 0 aromatic heterocycles. The van der Waals surface area contributed by atoms with E-state index in [-0.39, 0.29) is 83.5 Å². The zero-order chi connectivity index (χ0) is 4.00. The van der Waals surface area contributed by atoms with Crippen molar-refractivity contribution in [3.05, 3.63) is 26.3 Å². The Morgan fingerprint density at radius 2 is 0.667 bits per heavy atom. The smallest absolute Gasteiger partial charge is 0.106 e. The summed E-state index contributed by atoms with van der Waals surface area (Å²) < 4.78 is 0. The van der Waals surface area contributed by atoms with Crippen LogP contribution in [0, 0.1) is 83.5 Å². The molecule has 0 saturated heterocycles. The van der Waals surface area contributed by atoms with Gasteiger partial charge < -0.3 is 0 Å². The zero-order valence-electron chi connectivity index (χ0n) is 3.83. The van der Waals surface area contributed by atoms with Crippen molar-refractivity contribution >= 4 is 0 Å². The van der Waals surface area contributed by atoms with Crippen LogP contribution in [0.1, 0.15) is 0 Å². The number of hydrogen-bond donors (Lipinski definition) is 0. The predicted octanol–water partition coefficient (Wildman–Crippen LogP) is 1.60. The van der Waals surface area contributed by atoms with E-state index in [0.717, 1.165) is 0 Å². The molecule has 0 aliphatic rings. The first-order valence-electron chi connectivity index (χ1n) is 1.000. The minimum Gasteiger partial charge on any atom is -0.106 e. The Hall–Kier alpha value is 2.23. The maximum atomic E-state index is 3.00. The van der Waals surface area contributed by atoms with Crippen LogP contribution in [0.25, 0.3) is 0 Å². The van der Waals surface area contributed by atoms with Gasteiger partial charge in [0.25, 0.3) is 0 Å². The largest absolute Gasteiger partial charge is 4.00 e. The van der Waals surface area contributed by atoms with E-state index in [2.05, 4.69) is 26.3 Å². The van der Waals surface area contributed by atoms with Gasteiger partial charge >= 0.3 is 83.5 Å². The maximum Gasteiger partial charge on any atom is 4.00 e. The quantitative estimate of drug-likeness (QED) is 0.590. The van der Waals surface area contributed by atoms with Crippen molar-refractivity contribution in [1.82, 2.24) is 0 Å². The molecule has 0 nitrogen and oxygen atoms in total. The normalized spacial score (nSPS) is 1.33. The molecule has 0 aliphatic carbocycles. The summed E-state index contributed by atoms with van der Waals surface area (Å²) >= 11 is 0. The molecule has 2 heteroatoms. The molecule has 0 atom stereocenters. The fraction of sp³-hybridized carbons (Fsp3) is 0. The van der Waals surface area contributed by atoms with E-state index in [1.807, 2.05) is 0 Å². The van der Waals surface area contributed by atoms with Gasteiger partial charge in [-0.25, -0.2) is 0 Å². The molecule has 0 heterocycles. The van der Waals surface area contributed by atoms with Crippen LogP contribution in [0.5, 0.6) is 0 Å². The van der Waals surface area contributed by atoms with Crippen LogP contribution in [-0.2, 0) is 0 Å². The van der Waals surface area contributed by atoms with Crippen molar-refractivity contribution in [3.8, 4) is 0 Å². The van der Waals surface area contributed by atoms with Crippen LogP contribution in [0.15, 0.2) is 26.3 Å². The van der Waals surface area contributed by atoms with Crippen molar-refractivity contribution in [3.63, 3.8) is 0 Å². The average molecular weight is 336 g/mol. The molecule has 0 aromatic rings. The molecule has 0 bridgehead atoms. The molecule has 6 heavy (non-hydrogen) atoms. The molecule has 0 N–H and O–H groups in total. The molecule has 25 valence electrons.